The van der Waals surface area contributed by atoms with Gasteiger partial charge in [0, 0.05) is 4.91 Å². The van der Waals surface area contributed by atoms with Gasteiger partial charge in [-0.2, -0.15) is 0 Å². The molecule has 4 rings (SSSR count). The van der Waals surface area contributed by atoms with Gasteiger partial charge >= 0.3 is 0 Å². The minimum atomic E-state index is 0.516. The summed E-state index contributed by atoms with van der Waals surface area (Å²) in [6.07, 6.45) is 5.18. The van der Waals surface area contributed by atoms with Gasteiger partial charge in [-0.15, -0.1) is 0 Å². The van der Waals surface area contributed by atoms with Crippen molar-refractivity contribution in [2.45, 2.75) is 44.7 Å². The Morgan fingerprint density at radius 3 is 2.71 bits per heavy atom. The Balaban J connectivity index is 1.70. The number of hydrogen-bond acceptors (Lipinski definition) is 4. The second-order valence-corrected chi connectivity index (χ2v) is 7.12. The first-order chi connectivity index (χ1) is 10.3. The molecule has 4 heteroatoms. The molecule has 0 radical (unpaired) electrons. The van der Waals surface area contributed by atoms with Gasteiger partial charge in [0.1, 0.15) is 5.75 Å². The van der Waals surface area contributed by atoms with Crippen LogP contribution >= 0.6 is 11.8 Å². The van der Waals surface area contributed by atoms with Crippen molar-refractivity contribution in [3.63, 3.8) is 0 Å². The van der Waals surface area contributed by atoms with E-state index in [2.05, 4.69) is 24.0 Å². The number of hydrogen-bond donors (Lipinski definition) is 0. The van der Waals surface area contributed by atoms with Crippen molar-refractivity contribution in [1.82, 2.24) is 4.90 Å². The van der Waals surface area contributed by atoms with Crippen LogP contribution in [0.25, 0.3) is 5.70 Å². The van der Waals surface area contributed by atoms with Crippen molar-refractivity contribution in [3.8, 4) is 5.75 Å². The van der Waals surface area contributed by atoms with Gasteiger partial charge < -0.3 is 9.64 Å². The largest absolute Gasteiger partial charge is 0.497 e. The van der Waals surface area contributed by atoms with Crippen LogP contribution in [0.4, 0.5) is 0 Å². The number of benzene rings is 1. The number of nitrogens with zero attached hydrogens (tertiary/aromatic N) is 2. The lowest BCUT2D eigenvalue weighted by molar-refractivity contribution is 0.305. The summed E-state index contributed by atoms with van der Waals surface area (Å²) < 4.78 is 5.27. The summed E-state index contributed by atoms with van der Waals surface area (Å²) in [7, 11) is 1.71. The van der Waals surface area contributed by atoms with Gasteiger partial charge in [-0.25, -0.2) is 0 Å². The fraction of sp³-hybridized carbons (Fsp3) is 0.471. The highest BCUT2D eigenvalue weighted by atomic mass is 32.2. The molecule has 1 aromatic carbocycles. The van der Waals surface area contributed by atoms with Crippen LogP contribution in [-0.2, 0) is 0 Å². The molecule has 0 saturated heterocycles. The van der Waals surface area contributed by atoms with E-state index in [1.165, 1.54) is 47.0 Å². The van der Waals surface area contributed by atoms with Crippen LogP contribution in [0, 0.1) is 0 Å². The highest BCUT2D eigenvalue weighted by Crippen LogP contribution is 2.47. The maximum Gasteiger partial charge on any atom is 0.169 e. The molecule has 1 fully saturated rings. The Labute approximate surface area is 130 Å². The Morgan fingerprint density at radius 2 is 1.95 bits per heavy atom. The van der Waals surface area contributed by atoms with Crippen LogP contribution in [0.3, 0.4) is 0 Å². The average molecular weight is 300 g/mol. The van der Waals surface area contributed by atoms with Gasteiger partial charge in [0.05, 0.1) is 24.9 Å². The predicted molar refractivity (Wildman–Crippen MR) is 88.5 cm³/mol. The Bertz CT molecular complexity index is 620. The highest BCUT2D eigenvalue weighted by molar-refractivity contribution is 8.17. The molecular formula is C17H20N2OS. The van der Waals surface area contributed by atoms with Crippen molar-refractivity contribution >= 4 is 22.6 Å². The van der Waals surface area contributed by atoms with Gasteiger partial charge in [0.15, 0.2) is 5.17 Å². The van der Waals surface area contributed by atoms with E-state index in [4.69, 9.17) is 9.73 Å². The average Bonchev–Trinajstić information content (AvgIpc) is 3.02. The number of fused-ring (bicyclic) bond motifs is 3. The minimum Gasteiger partial charge on any atom is -0.497 e. The highest BCUT2D eigenvalue weighted by Gasteiger charge is 2.43. The molecule has 0 amide bonds. The lowest BCUT2D eigenvalue weighted by atomic mass is 9.90. The summed E-state index contributed by atoms with van der Waals surface area (Å²) in [5, 5.41) is 1.22. The first-order valence-electron chi connectivity index (χ1n) is 7.68. The molecular weight excluding hydrogens is 280 g/mol. The van der Waals surface area contributed by atoms with Crippen LogP contribution in [0.1, 0.15) is 38.2 Å². The molecule has 0 spiro atoms. The lowest BCUT2D eigenvalue weighted by Crippen LogP contribution is -2.38. The molecule has 3 aliphatic rings. The smallest absolute Gasteiger partial charge is 0.169 e. The molecule has 0 bridgehead atoms. The molecule has 0 aromatic heterocycles. The van der Waals surface area contributed by atoms with E-state index in [0.29, 0.717) is 12.1 Å². The summed E-state index contributed by atoms with van der Waals surface area (Å²) in [5.41, 5.74) is 2.63. The molecule has 1 aromatic rings. The Hall–Kier alpha value is -1.42. The first kappa shape index (κ1) is 13.3. The molecule has 3 nitrogen and oxygen atoms in total. The van der Waals surface area contributed by atoms with Crippen molar-refractivity contribution in [1.29, 1.82) is 0 Å². The molecule has 1 aliphatic carbocycles. The Kier molecular flexibility index (Phi) is 3.21. The second-order valence-electron chi connectivity index (χ2n) is 5.94. The van der Waals surface area contributed by atoms with Crippen LogP contribution in [0.2, 0.25) is 0 Å². The third-order valence-corrected chi connectivity index (χ3v) is 5.67. The first-order valence-corrected chi connectivity index (χ1v) is 8.50. The van der Waals surface area contributed by atoms with Gasteiger partial charge in [-0.05, 0) is 49.6 Å². The van der Waals surface area contributed by atoms with Gasteiger partial charge in [-0.1, -0.05) is 24.6 Å². The van der Waals surface area contributed by atoms with Crippen molar-refractivity contribution < 1.29 is 4.74 Å². The summed E-state index contributed by atoms with van der Waals surface area (Å²) in [6.45, 7) is 2.21. The summed E-state index contributed by atoms with van der Waals surface area (Å²) in [6, 6.07) is 9.51. The molecule has 0 N–H and O–H groups in total. The van der Waals surface area contributed by atoms with Gasteiger partial charge in [0.2, 0.25) is 0 Å². The third kappa shape index (κ3) is 2.08. The number of allylic oxidation sites excluding steroid dienone is 1. The molecule has 2 aliphatic heterocycles. The maximum absolute atomic E-state index is 5.27. The maximum atomic E-state index is 5.27. The van der Waals surface area contributed by atoms with Crippen molar-refractivity contribution in [2.75, 3.05) is 7.11 Å². The summed E-state index contributed by atoms with van der Waals surface area (Å²) >= 11 is 1.84. The third-order valence-electron chi connectivity index (χ3n) is 4.69. The van der Waals surface area contributed by atoms with Crippen LogP contribution in [-0.4, -0.2) is 29.3 Å². The molecule has 21 heavy (non-hydrogen) atoms. The second kappa shape index (κ2) is 5.09. The van der Waals surface area contributed by atoms with Gasteiger partial charge in [-0.3, -0.25) is 4.99 Å². The van der Waals surface area contributed by atoms with E-state index in [1.807, 2.05) is 23.9 Å². The molecule has 2 atom stereocenters. The molecule has 2 heterocycles. The van der Waals surface area contributed by atoms with Crippen LogP contribution in [0.15, 0.2) is 34.2 Å². The van der Waals surface area contributed by atoms with Crippen molar-refractivity contribution in [2.24, 2.45) is 4.99 Å². The van der Waals surface area contributed by atoms with E-state index >= 15 is 0 Å². The van der Waals surface area contributed by atoms with E-state index in [0.717, 1.165) is 5.75 Å². The number of thioether (sulfide) groups is 1. The predicted octanol–water partition coefficient (Wildman–Crippen LogP) is 4.11. The molecule has 1 saturated carbocycles. The number of ether oxygens (including phenoxy) is 1. The minimum absolute atomic E-state index is 0.516. The fourth-order valence-electron chi connectivity index (χ4n) is 3.67. The SMILES string of the molecule is COc1ccc(C2=C(C)SC3=N[C@@H]4CCCC[C@@H]4N32)cc1. The standard InChI is InChI=1S/C17H20N2OS/c1-11-16(12-7-9-13(20-2)10-8-12)19-15-6-4-3-5-14(15)18-17(19)21-11/h7-10,14-15H,3-6H2,1-2H3/t14-,15+/m1/s1. The van der Waals surface area contributed by atoms with Crippen LogP contribution in [0.5, 0.6) is 5.75 Å². The number of amidine groups is 1. The molecule has 110 valence electrons. The van der Waals surface area contributed by atoms with E-state index < -0.39 is 0 Å². The van der Waals surface area contributed by atoms with E-state index in [-0.39, 0.29) is 0 Å². The van der Waals surface area contributed by atoms with Crippen molar-refractivity contribution in [3.05, 3.63) is 34.7 Å². The number of rotatable bonds is 2. The zero-order valence-electron chi connectivity index (χ0n) is 12.5. The zero-order chi connectivity index (χ0) is 14.4. The summed E-state index contributed by atoms with van der Waals surface area (Å²) in [4.78, 5) is 8.84. The zero-order valence-corrected chi connectivity index (χ0v) is 13.3. The molecule has 0 unspecified atom stereocenters. The quantitative estimate of drug-likeness (QED) is 0.821. The fourth-order valence-corrected chi connectivity index (χ4v) is 4.77. The lowest BCUT2D eigenvalue weighted by Gasteiger charge is -2.32. The number of methoxy groups -OCH3 is 1. The monoisotopic (exact) mass is 300 g/mol. The number of aliphatic imine (C=N–C) groups is 1. The normalized spacial score (nSPS) is 27.5. The van der Waals surface area contributed by atoms with Crippen LogP contribution < -0.4 is 4.74 Å². The Morgan fingerprint density at radius 1 is 1.19 bits per heavy atom. The van der Waals surface area contributed by atoms with E-state index in [1.54, 1.807) is 7.11 Å². The van der Waals surface area contributed by atoms with Gasteiger partial charge in [0.25, 0.3) is 0 Å². The topological polar surface area (TPSA) is 24.8 Å². The summed E-state index contributed by atoms with van der Waals surface area (Å²) in [5.74, 6) is 0.911. The van der Waals surface area contributed by atoms with E-state index in [9.17, 15) is 0 Å².